The summed E-state index contributed by atoms with van der Waals surface area (Å²) < 4.78 is 41.6. The quantitative estimate of drug-likeness (QED) is 0.616. The maximum absolute atomic E-state index is 12.4. The highest BCUT2D eigenvalue weighted by Gasteiger charge is 2.36. The molecule has 0 aliphatic heterocycles. The second-order valence-corrected chi connectivity index (χ2v) is 10.3. The third-order valence-corrected chi connectivity index (χ3v) is 8.41. The van der Waals surface area contributed by atoms with Gasteiger partial charge in [-0.25, -0.2) is 9.24 Å². The Morgan fingerprint density at radius 3 is 2.04 bits per heavy atom. The van der Waals surface area contributed by atoms with Gasteiger partial charge in [0, 0.05) is 26.8 Å². The van der Waals surface area contributed by atoms with Gasteiger partial charge in [0.25, 0.3) is 0 Å². The fraction of sp³-hybridized carbons (Fsp3) is 1.00. The number of hydrogen-bond acceptors (Lipinski definition) is 5. The van der Waals surface area contributed by atoms with E-state index in [2.05, 4.69) is 0 Å². The molecule has 0 bridgehead atoms. The van der Waals surface area contributed by atoms with E-state index in [4.69, 9.17) is 13.6 Å². The Morgan fingerprint density at radius 2 is 1.65 bits per heavy atom. The van der Waals surface area contributed by atoms with Crippen LogP contribution in [0.25, 0.3) is 0 Å². The smallest absolute Gasteiger partial charge is 0.312 e. The fourth-order valence-corrected chi connectivity index (χ4v) is 6.16. The second-order valence-electron chi connectivity index (χ2n) is 6.25. The molecule has 1 aliphatic rings. The third-order valence-electron chi connectivity index (χ3n) is 4.36. The van der Waals surface area contributed by atoms with E-state index in [1.54, 1.807) is 0 Å². The van der Waals surface area contributed by atoms with Gasteiger partial charge in [-0.05, 0) is 45.4 Å². The van der Waals surface area contributed by atoms with Gasteiger partial charge in [0.2, 0.25) is 0 Å². The van der Waals surface area contributed by atoms with Crippen LogP contribution < -0.4 is 0 Å². The zero-order valence-corrected chi connectivity index (χ0v) is 16.6. The minimum atomic E-state index is -3.77. The average Bonchev–Trinajstić information content (AvgIpc) is 2.48. The molecule has 0 spiro atoms. The lowest BCUT2D eigenvalue weighted by Crippen LogP contribution is -2.31. The maximum atomic E-state index is 12.4. The summed E-state index contributed by atoms with van der Waals surface area (Å²) in [5, 5.41) is 0. The summed E-state index contributed by atoms with van der Waals surface area (Å²) >= 11 is 0. The molecule has 1 atom stereocenters. The maximum Gasteiger partial charge on any atom is 0.406 e. The average molecular weight is 371 g/mol. The Hall–Kier alpha value is 0.260. The van der Waals surface area contributed by atoms with Crippen molar-refractivity contribution in [3.8, 4) is 0 Å². The predicted molar refractivity (Wildman–Crippen MR) is 90.7 cm³/mol. The number of nitrogens with zero attached hydrogens (tertiary/aromatic N) is 1. The molecule has 1 unspecified atom stereocenters. The van der Waals surface area contributed by atoms with Crippen LogP contribution in [0.4, 0.5) is 0 Å². The van der Waals surface area contributed by atoms with Crippen molar-refractivity contribution in [3.63, 3.8) is 0 Å². The molecule has 7 nitrogen and oxygen atoms in total. The molecule has 0 heterocycles. The summed E-state index contributed by atoms with van der Waals surface area (Å²) in [5.41, 5.74) is 0. The molecule has 1 fully saturated rings. The van der Waals surface area contributed by atoms with Gasteiger partial charge in [0.15, 0.2) is 0 Å². The molecule has 1 saturated carbocycles. The highest BCUT2D eigenvalue weighted by atomic mass is 31.2. The zero-order valence-electron chi connectivity index (χ0n) is 14.8. The highest BCUT2D eigenvalue weighted by molar-refractivity contribution is 7.53. The molecular weight excluding hydrogens is 340 g/mol. The largest absolute Gasteiger partial charge is 0.406 e. The van der Waals surface area contributed by atoms with E-state index in [9.17, 15) is 14.0 Å². The van der Waals surface area contributed by atoms with Crippen molar-refractivity contribution >= 4 is 15.3 Å². The minimum absolute atomic E-state index is 0.0542. The summed E-state index contributed by atoms with van der Waals surface area (Å²) in [6.45, 7) is 6.06. The topological polar surface area (TPSA) is 85.3 Å². The van der Waals surface area contributed by atoms with Gasteiger partial charge in [-0.15, -0.1) is 0 Å². The normalized spacial score (nSPS) is 25.7. The van der Waals surface area contributed by atoms with E-state index in [1.165, 1.54) is 18.9 Å². The van der Waals surface area contributed by atoms with Gasteiger partial charge >= 0.3 is 15.3 Å². The van der Waals surface area contributed by atoms with Crippen LogP contribution in [0.15, 0.2) is 0 Å². The van der Waals surface area contributed by atoms with Crippen LogP contribution in [-0.2, 0) is 22.7 Å². The predicted octanol–water partition coefficient (Wildman–Crippen LogP) is 3.88. The van der Waals surface area contributed by atoms with Crippen molar-refractivity contribution in [2.75, 3.05) is 26.9 Å². The van der Waals surface area contributed by atoms with E-state index in [0.29, 0.717) is 25.5 Å². The van der Waals surface area contributed by atoms with Crippen LogP contribution in [0.2, 0.25) is 0 Å². The van der Waals surface area contributed by atoms with Crippen LogP contribution in [0, 0.1) is 5.92 Å². The lowest BCUT2D eigenvalue weighted by Gasteiger charge is -2.34. The SMILES string of the molecule is CCN(C(C)C)P(=O)(O)OC1CCC(CP(=O)(OC)OC)CC1. The van der Waals surface area contributed by atoms with Gasteiger partial charge in [0.1, 0.15) is 0 Å². The summed E-state index contributed by atoms with van der Waals surface area (Å²) in [4.78, 5) is 10.2. The summed E-state index contributed by atoms with van der Waals surface area (Å²) in [7, 11) is -3.98. The van der Waals surface area contributed by atoms with Crippen molar-refractivity contribution in [3.05, 3.63) is 0 Å². The van der Waals surface area contributed by atoms with E-state index in [1.807, 2.05) is 20.8 Å². The van der Waals surface area contributed by atoms with E-state index in [0.717, 1.165) is 12.8 Å². The van der Waals surface area contributed by atoms with Crippen LogP contribution in [0.3, 0.4) is 0 Å². The van der Waals surface area contributed by atoms with E-state index >= 15 is 0 Å². The highest BCUT2D eigenvalue weighted by Crippen LogP contribution is 2.53. The number of rotatable bonds is 9. The molecule has 0 aromatic carbocycles. The summed E-state index contributed by atoms with van der Waals surface area (Å²) in [6, 6.07) is -0.0542. The number of hydrogen-bond donors (Lipinski definition) is 1. The molecular formula is C14H31NO6P2. The van der Waals surface area contributed by atoms with Gasteiger partial charge in [-0.2, -0.15) is 0 Å². The monoisotopic (exact) mass is 371 g/mol. The van der Waals surface area contributed by atoms with Crippen LogP contribution in [-0.4, -0.2) is 48.6 Å². The Morgan fingerprint density at radius 1 is 1.13 bits per heavy atom. The first-order valence-corrected chi connectivity index (χ1v) is 11.4. The molecule has 0 aromatic rings. The van der Waals surface area contributed by atoms with Gasteiger partial charge in [0.05, 0.1) is 12.3 Å². The molecule has 1 rings (SSSR count). The summed E-state index contributed by atoms with van der Waals surface area (Å²) in [6.07, 6.45) is 3.08. The molecule has 9 heteroatoms. The van der Waals surface area contributed by atoms with Crippen molar-refractivity contribution in [2.24, 2.45) is 5.92 Å². The molecule has 23 heavy (non-hydrogen) atoms. The second kappa shape index (κ2) is 9.10. The van der Waals surface area contributed by atoms with Crippen LogP contribution >= 0.6 is 15.3 Å². The Kier molecular flexibility index (Phi) is 8.42. The molecule has 1 aliphatic carbocycles. The molecule has 1 N–H and O–H groups in total. The zero-order chi connectivity index (χ0) is 17.7. The first-order valence-electron chi connectivity index (χ1n) is 8.16. The molecule has 0 amide bonds. The first kappa shape index (κ1) is 21.3. The minimum Gasteiger partial charge on any atom is -0.312 e. The van der Waals surface area contributed by atoms with Crippen molar-refractivity contribution in [1.29, 1.82) is 0 Å². The molecule has 0 saturated heterocycles. The standard InChI is InChI=1S/C14H31NO6P2/c1-6-15(12(2)3)23(17,18)21-14-9-7-13(8-10-14)11-22(16,19-4)20-5/h12-14H,6-11H2,1-5H3,(H,17,18). The van der Waals surface area contributed by atoms with Crippen molar-refractivity contribution in [2.45, 2.75) is 58.6 Å². The van der Waals surface area contributed by atoms with E-state index in [-0.39, 0.29) is 18.1 Å². The van der Waals surface area contributed by atoms with Gasteiger partial charge < -0.3 is 13.9 Å². The third kappa shape index (κ3) is 6.24. The van der Waals surface area contributed by atoms with Gasteiger partial charge in [-0.1, -0.05) is 6.92 Å². The first-order chi connectivity index (χ1) is 10.7. The lowest BCUT2D eigenvalue weighted by atomic mass is 9.89. The Bertz CT molecular complexity index is 443. The van der Waals surface area contributed by atoms with Crippen molar-refractivity contribution < 1.29 is 27.6 Å². The fourth-order valence-electron chi connectivity index (χ4n) is 3.05. The van der Waals surface area contributed by atoms with Crippen LogP contribution in [0.5, 0.6) is 0 Å². The molecule has 0 radical (unpaired) electrons. The lowest BCUT2D eigenvalue weighted by molar-refractivity contribution is 0.0925. The van der Waals surface area contributed by atoms with Gasteiger partial charge in [-0.3, -0.25) is 9.09 Å². The van der Waals surface area contributed by atoms with Crippen LogP contribution in [0.1, 0.15) is 46.5 Å². The summed E-state index contributed by atoms with van der Waals surface area (Å²) in [5.74, 6) is 0.228. The Labute approximate surface area is 139 Å². The van der Waals surface area contributed by atoms with E-state index < -0.39 is 15.3 Å². The van der Waals surface area contributed by atoms with Crippen molar-refractivity contribution in [1.82, 2.24) is 4.67 Å². The molecule has 0 aromatic heterocycles. The molecule has 138 valence electrons. The Balaban J connectivity index is 2.54.